The molecule has 0 saturated heterocycles. The zero-order valence-corrected chi connectivity index (χ0v) is 22.8. The minimum absolute atomic E-state index is 0. The van der Waals surface area contributed by atoms with Crippen molar-refractivity contribution in [3.63, 3.8) is 0 Å². The zero-order valence-electron chi connectivity index (χ0n) is 18.2. The molecule has 6 aromatic rings. The number of nitrogens with zero attached hydrogens (tertiary/aromatic N) is 2. The molecule has 0 amide bonds. The first-order valence-corrected chi connectivity index (χ1v) is 11.8. The number of hydrogen-bond donors (Lipinski definition) is 2. The third-order valence-corrected chi connectivity index (χ3v) is 7.11. The average Bonchev–Trinajstić information content (AvgIpc) is 3.47. The van der Waals surface area contributed by atoms with E-state index in [0.29, 0.717) is 21.1 Å². The minimum atomic E-state index is -0.378. The fraction of sp³-hybridized carbons (Fsp3) is 0. The smallest absolute Gasteiger partial charge is 0.128 e. The van der Waals surface area contributed by atoms with Gasteiger partial charge in [0, 0.05) is 19.5 Å². The molecule has 35 heavy (non-hydrogen) atoms. The third-order valence-electron chi connectivity index (χ3n) is 4.97. The molecule has 9 heteroatoms. The van der Waals surface area contributed by atoms with Crippen LogP contribution in [-0.4, -0.2) is 20.2 Å². The molecule has 0 aliphatic carbocycles. The van der Waals surface area contributed by atoms with Crippen LogP contribution in [0.15, 0.2) is 84.9 Å². The maximum Gasteiger partial charge on any atom is 0.128 e. The van der Waals surface area contributed by atoms with E-state index in [1.165, 1.54) is 59.1 Å². The fourth-order valence-corrected chi connectivity index (χ4v) is 5.32. The number of phenolic OH excluding ortho intramolecular Hbond substituents is 2. The van der Waals surface area contributed by atoms with E-state index >= 15 is 0 Å². The van der Waals surface area contributed by atoms with Gasteiger partial charge in [0.05, 0.1) is 31.6 Å². The van der Waals surface area contributed by atoms with Crippen LogP contribution < -0.4 is 0 Å². The largest absolute Gasteiger partial charge is 0.507 e. The molecule has 0 bridgehead atoms. The monoisotopic (exact) mass is 554 g/mol. The third kappa shape index (κ3) is 5.37. The standard InChI is InChI=1S/2C13H8FNOS.Zn/c2*14-8-5-6-11(16)9(7-8)13-15-10-3-1-2-4-12(10)17-13;/h2*1-7,16H;. The normalized spacial score (nSPS) is 10.6. The van der Waals surface area contributed by atoms with Crippen molar-refractivity contribution < 1.29 is 38.5 Å². The van der Waals surface area contributed by atoms with Crippen molar-refractivity contribution >= 4 is 43.1 Å². The SMILES string of the molecule is Oc1ccc(F)cc1-c1nc2ccccc2s1.Oc1ccc(F)cc1-c1nc2ccccc2s1.[Zn]. The molecule has 4 nitrogen and oxygen atoms in total. The number of aromatic hydroxyl groups is 2. The molecule has 0 fully saturated rings. The topological polar surface area (TPSA) is 66.2 Å². The fourth-order valence-electron chi connectivity index (χ4n) is 3.33. The number of thiazole rings is 2. The van der Waals surface area contributed by atoms with E-state index in [2.05, 4.69) is 9.97 Å². The van der Waals surface area contributed by atoms with Gasteiger partial charge in [-0.05, 0) is 60.7 Å². The van der Waals surface area contributed by atoms with Crippen molar-refractivity contribution in [2.24, 2.45) is 0 Å². The Balaban J connectivity index is 0.000000160. The quantitative estimate of drug-likeness (QED) is 0.216. The van der Waals surface area contributed by atoms with Gasteiger partial charge in [-0.1, -0.05) is 24.3 Å². The molecule has 2 N–H and O–H groups in total. The summed E-state index contributed by atoms with van der Waals surface area (Å²) in [6.07, 6.45) is 0. The molecule has 0 atom stereocenters. The molecular weight excluding hydrogens is 540 g/mol. The van der Waals surface area contributed by atoms with Crippen molar-refractivity contribution in [2.75, 3.05) is 0 Å². The Hall–Kier alpha value is -3.26. The summed E-state index contributed by atoms with van der Waals surface area (Å²) < 4.78 is 28.3. The van der Waals surface area contributed by atoms with E-state index in [1.54, 1.807) is 0 Å². The Morgan fingerprint density at radius 3 is 1.37 bits per heavy atom. The Labute approximate surface area is 219 Å². The van der Waals surface area contributed by atoms with E-state index < -0.39 is 0 Å². The van der Waals surface area contributed by atoms with E-state index in [-0.39, 0.29) is 42.6 Å². The van der Waals surface area contributed by atoms with Gasteiger partial charge < -0.3 is 10.2 Å². The average molecular weight is 556 g/mol. The van der Waals surface area contributed by atoms with Crippen LogP contribution in [0.2, 0.25) is 0 Å². The molecule has 0 saturated carbocycles. The van der Waals surface area contributed by atoms with Crippen LogP contribution in [0.25, 0.3) is 41.6 Å². The molecule has 170 valence electrons. The summed E-state index contributed by atoms with van der Waals surface area (Å²) in [6.45, 7) is 0. The van der Waals surface area contributed by atoms with Crippen molar-refractivity contribution in [1.29, 1.82) is 0 Å². The Morgan fingerprint density at radius 1 is 0.571 bits per heavy atom. The summed E-state index contributed by atoms with van der Waals surface area (Å²) in [5.74, 6) is -0.662. The van der Waals surface area contributed by atoms with E-state index in [0.717, 1.165) is 20.4 Å². The van der Waals surface area contributed by atoms with Gasteiger partial charge >= 0.3 is 0 Å². The van der Waals surface area contributed by atoms with E-state index in [4.69, 9.17) is 0 Å². The van der Waals surface area contributed by atoms with Crippen LogP contribution in [0, 0.1) is 11.6 Å². The number of para-hydroxylation sites is 2. The van der Waals surface area contributed by atoms with Crippen molar-refractivity contribution in [3.8, 4) is 32.6 Å². The second-order valence-corrected chi connectivity index (χ2v) is 9.36. The van der Waals surface area contributed by atoms with Gasteiger partial charge in [-0.3, -0.25) is 0 Å². The molecule has 0 unspecified atom stereocenters. The van der Waals surface area contributed by atoms with Gasteiger partial charge in [-0.2, -0.15) is 0 Å². The van der Waals surface area contributed by atoms with Gasteiger partial charge in [-0.15, -0.1) is 22.7 Å². The first-order chi connectivity index (χ1) is 16.5. The predicted octanol–water partition coefficient (Wildman–Crippen LogP) is 7.61. The van der Waals surface area contributed by atoms with Crippen LogP contribution in [0.3, 0.4) is 0 Å². The van der Waals surface area contributed by atoms with Crippen LogP contribution in [0.1, 0.15) is 0 Å². The van der Waals surface area contributed by atoms with Crippen molar-refractivity contribution in [2.45, 2.75) is 0 Å². The molecule has 0 radical (unpaired) electrons. The molecule has 2 aromatic heterocycles. The van der Waals surface area contributed by atoms with Crippen LogP contribution in [-0.2, 0) is 19.5 Å². The molecule has 6 rings (SSSR count). The van der Waals surface area contributed by atoms with E-state index in [1.807, 2.05) is 48.5 Å². The van der Waals surface area contributed by atoms with Gasteiger partial charge in [0.1, 0.15) is 33.1 Å². The predicted molar refractivity (Wildman–Crippen MR) is 133 cm³/mol. The van der Waals surface area contributed by atoms with Gasteiger partial charge in [0.2, 0.25) is 0 Å². The van der Waals surface area contributed by atoms with Crippen LogP contribution in [0.5, 0.6) is 11.5 Å². The maximum atomic E-state index is 13.2. The first kappa shape index (κ1) is 24.9. The summed E-state index contributed by atoms with van der Waals surface area (Å²) >= 11 is 2.87. The first-order valence-electron chi connectivity index (χ1n) is 10.2. The van der Waals surface area contributed by atoms with Gasteiger partial charge in [0.15, 0.2) is 0 Å². The second-order valence-electron chi connectivity index (χ2n) is 7.30. The Bertz CT molecular complexity index is 1450. The van der Waals surface area contributed by atoms with E-state index in [9.17, 15) is 19.0 Å². The van der Waals surface area contributed by atoms with Gasteiger partial charge in [-0.25, -0.2) is 18.7 Å². The molecule has 0 spiro atoms. The number of fused-ring (bicyclic) bond motifs is 2. The number of rotatable bonds is 2. The summed E-state index contributed by atoms with van der Waals surface area (Å²) in [5, 5.41) is 20.7. The zero-order chi connectivity index (χ0) is 23.7. The van der Waals surface area contributed by atoms with Crippen molar-refractivity contribution in [3.05, 3.63) is 96.6 Å². The Morgan fingerprint density at radius 2 is 0.971 bits per heavy atom. The summed E-state index contributed by atoms with van der Waals surface area (Å²) in [5.41, 5.74) is 2.59. The Kier molecular flexibility index (Phi) is 7.50. The summed E-state index contributed by atoms with van der Waals surface area (Å²) in [6, 6.07) is 23.1. The van der Waals surface area contributed by atoms with Crippen LogP contribution >= 0.6 is 22.7 Å². The number of aromatic nitrogens is 2. The van der Waals surface area contributed by atoms with Crippen LogP contribution in [0.4, 0.5) is 8.78 Å². The number of phenols is 2. The number of benzene rings is 4. The summed E-state index contributed by atoms with van der Waals surface area (Å²) in [7, 11) is 0. The maximum absolute atomic E-state index is 13.2. The van der Waals surface area contributed by atoms with Crippen molar-refractivity contribution in [1.82, 2.24) is 9.97 Å². The minimum Gasteiger partial charge on any atom is -0.507 e. The molecule has 0 aliphatic heterocycles. The molecule has 2 heterocycles. The molecular formula is C26H16F2N2O2S2Zn. The van der Waals surface area contributed by atoms with Gasteiger partial charge in [0.25, 0.3) is 0 Å². The molecule has 0 aliphatic rings. The molecule has 4 aromatic carbocycles. The second kappa shape index (κ2) is 10.6. The summed E-state index contributed by atoms with van der Waals surface area (Å²) in [4.78, 5) is 8.75. The number of hydrogen-bond acceptors (Lipinski definition) is 6. The number of halogens is 2.